The van der Waals surface area contributed by atoms with Gasteiger partial charge in [0.05, 0.1) is 29.3 Å². The normalized spacial score (nSPS) is 13.0. The molecule has 74 valence electrons. The molecule has 3 N–H and O–H groups in total. The first-order valence-electron chi connectivity index (χ1n) is 4.21. The third kappa shape index (κ3) is 1.70. The molecule has 0 amide bonds. The van der Waals surface area contributed by atoms with E-state index in [0.29, 0.717) is 0 Å². The summed E-state index contributed by atoms with van der Waals surface area (Å²) in [6.07, 6.45) is 3.29. The Morgan fingerprint density at radius 1 is 1.64 bits per heavy atom. The summed E-state index contributed by atoms with van der Waals surface area (Å²) in [6.45, 7) is 1.97. The van der Waals surface area contributed by atoms with Crippen molar-refractivity contribution >= 4 is 11.3 Å². The van der Waals surface area contributed by atoms with E-state index < -0.39 is 0 Å². The zero-order chi connectivity index (χ0) is 9.97. The molecule has 5 heteroatoms. The summed E-state index contributed by atoms with van der Waals surface area (Å²) in [5.41, 5.74) is 4.63. The average Bonchev–Trinajstić information content (AvgIpc) is 2.79. The Labute approximate surface area is 85.7 Å². The van der Waals surface area contributed by atoms with E-state index in [0.717, 1.165) is 16.3 Å². The van der Waals surface area contributed by atoms with E-state index in [4.69, 9.17) is 10.3 Å². The summed E-state index contributed by atoms with van der Waals surface area (Å²) in [5, 5.41) is 3.02. The number of nitrogens with two attached hydrogens (primary N) is 1. The first-order valence-corrected chi connectivity index (χ1v) is 5.09. The topological polar surface area (TPSA) is 64.1 Å². The molecule has 0 aliphatic heterocycles. The van der Waals surface area contributed by atoms with Gasteiger partial charge in [-0.25, -0.2) is 10.4 Å². The van der Waals surface area contributed by atoms with E-state index in [1.807, 2.05) is 18.4 Å². The number of hydrogen-bond donors (Lipinski definition) is 2. The van der Waals surface area contributed by atoms with Gasteiger partial charge in [-0.2, -0.15) is 0 Å². The zero-order valence-electron chi connectivity index (χ0n) is 7.73. The molecule has 0 saturated heterocycles. The molecule has 0 saturated carbocycles. The van der Waals surface area contributed by atoms with Crippen LogP contribution in [-0.4, -0.2) is 4.98 Å². The molecule has 0 aromatic carbocycles. The molecule has 0 radical (unpaired) electrons. The van der Waals surface area contributed by atoms with Crippen molar-refractivity contribution in [1.82, 2.24) is 10.4 Å². The smallest absolute Gasteiger partial charge is 0.0954 e. The van der Waals surface area contributed by atoms with E-state index in [1.54, 1.807) is 23.9 Å². The quantitative estimate of drug-likeness (QED) is 0.595. The third-order valence-electron chi connectivity index (χ3n) is 1.98. The molecular formula is C9H11N3OS. The van der Waals surface area contributed by atoms with Gasteiger partial charge in [0.1, 0.15) is 0 Å². The molecule has 0 spiro atoms. The van der Waals surface area contributed by atoms with Crippen LogP contribution in [0.2, 0.25) is 0 Å². The molecule has 0 aliphatic rings. The van der Waals surface area contributed by atoms with Gasteiger partial charge in [0.15, 0.2) is 0 Å². The molecule has 0 bridgehead atoms. The maximum atomic E-state index is 5.48. The number of nitrogens with one attached hydrogen (secondary N) is 1. The summed E-state index contributed by atoms with van der Waals surface area (Å²) in [5.74, 6) is 5.48. The van der Waals surface area contributed by atoms with Crippen molar-refractivity contribution in [2.75, 3.05) is 0 Å². The number of rotatable bonds is 3. The maximum absolute atomic E-state index is 5.48. The van der Waals surface area contributed by atoms with Crippen LogP contribution in [0.25, 0.3) is 0 Å². The molecule has 2 heterocycles. The molecule has 1 atom stereocenters. The van der Waals surface area contributed by atoms with Gasteiger partial charge in [-0.1, -0.05) is 0 Å². The van der Waals surface area contributed by atoms with Crippen molar-refractivity contribution in [1.29, 1.82) is 0 Å². The number of furan rings is 1. The Morgan fingerprint density at radius 3 is 3.00 bits per heavy atom. The second-order valence-electron chi connectivity index (χ2n) is 2.95. The highest BCUT2D eigenvalue weighted by atomic mass is 32.1. The average molecular weight is 209 g/mol. The fourth-order valence-corrected chi connectivity index (χ4v) is 1.94. The van der Waals surface area contributed by atoms with Crippen molar-refractivity contribution in [2.24, 2.45) is 5.84 Å². The highest BCUT2D eigenvalue weighted by Gasteiger charge is 2.15. The van der Waals surface area contributed by atoms with Crippen LogP contribution in [0.5, 0.6) is 0 Å². The van der Waals surface area contributed by atoms with Crippen LogP contribution in [0, 0.1) is 6.92 Å². The van der Waals surface area contributed by atoms with E-state index in [9.17, 15) is 0 Å². The van der Waals surface area contributed by atoms with Gasteiger partial charge in [-0.05, 0) is 13.0 Å². The fourth-order valence-electron chi connectivity index (χ4n) is 1.30. The number of nitrogens with zero attached hydrogens (tertiary/aromatic N) is 1. The van der Waals surface area contributed by atoms with Crippen LogP contribution >= 0.6 is 11.3 Å². The molecule has 14 heavy (non-hydrogen) atoms. The lowest BCUT2D eigenvalue weighted by atomic mass is 10.1. The van der Waals surface area contributed by atoms with Gasteiger partial charge in [0.25, 0.3) is 0 Å². The second-order valence-corrected chi connectivity index (χ2v) is 4.01. The highest BCUT2D eigenvalue weighted by molar-refractivity contribution is 7.09. The summed E-state index contributed by atoms with van der Waals surface area (Å²) in [7, 11) is 0. The van der Waals surface area contributed by atoms with Crippen LogP contribution in [-0.2, 0) is 0 Å². The Balaban J connectivity index is 2.31. The number of aryl methyl sites for hydroxylation is 1. The van der Waals surface area contributed by atoms with Crippen LogP contribution in [0.3, 0.4) is 0 Å². The summed E-state index contributed by atoms with van der Waals surface area (Å²) >= 11 is 1.61. The van der Waals surface area contributed by atoms with E-state index in [-0.39, 0.29) is 6.04 Å². The fraction of sp³-hybridized carbons (Fsp3) is 0.222. The van der Waals surface area contributed by atoms with Crippen molar-refractivity contribution in [3.63, 3.8) is 0 Å². The third-order valence-corrected chi connectivity index (χ3v) is 2.77. The van der Waals surface area contributed by atoms with Crippen LogP contribution in [0.1, 0.15) is 22.3 Å². The highest BCUT2D eigenvalue weighted by Crippen LogP contribution is 2.22. The summed E-state index contributed by atoms with van der Waals surface area (Å²) in [4.78, 5) is 4.37. The minimum Gasteiger partial charge on any atom is -0.472 e. The van der Waals surface area contributed by atoms with Gasteiger partial charge in [0, 0.05) is 10.9 Å². The van der Waals surface area contributed by atoms with Gasteiger partial charge < -0.3 is 4.42 Å². The summed E-state index contributed by atoms with van der Waals surface area (Å²) < 4.78 is 5.01. The van der Waals surface area contributed by atoms with E-state index in [1.165, 1.54) is 0 Å². The Morgan fingerprint density at radius 2 is 2.50 bits per heavy atom. The van der Waals surface area contributed by atoms with E-state index >= 15 is 0 Å². The maximum Gasteiger partial charge on any atom is 0.0954 e. The van der Waals surface area contributed by atoms with Crippen molar-refractivity contribution < 1.29 is 4.42 Å². The zero-order valence-corrected chi connectivity index (χ0v) is 8.54. The minimum atomic E-state index is -0.0845. The standard InChI is InChI=1S/C9H11N3OS/c1-6-11-8(5-14-6)9(12-10)7-2-3-13-4-7/h2-5,9,12H,10H2,1H3. The predicted molar refractivity (Wildman–Crippen MR) is 54.7 cm³/mol. The first kappa shape index (κ1) is 9.39. The molecule has 0 fully saturated rings. The molecule has 2 aromatic rings. The van der Waals surface area contributed by atoms with Crippen LogP contribution in [0.15, 0.2) is 28.4 Å². The number of thiazole rings is 1. The molecular weight excluding hydrogens is 198 g/mol. The van der Waals surface area contributed by atoms with E-state index in [2.05, 4.69) is 10.4 Å². The number of aromatic nitrogens is 1. The Bertz CT molecular complexity index is 396. The van der Waals surface area contributed by atoms with Gasteiger partial charge in [0.2, 0.25) is 0 Å². The monoisotopic (exact) mass is 209 g/mol. The van der Waals surface area contributed by atoms with Gasteiger partial charge in [-0.3, -0.25) is 5.84 Å². The van der Waals surface area contributed by atoms with Gasteiger partial charge >= 0.3 is 0 Å². The van der Waals surface area contributed by atoms with Crippen molar-refractivity contribution in [3.8, 4) is 0 Å². The van der Waals surface area contributed by atoms with Crippen LogP contribution < -0.4 is 11.3 Å². The predicted octanol–water partition coefficient (Wildman–Crippen LogP) is 1.60. The molecule has 2 aromatic heterocycles. The lowest BCUT2D eigenvalue weighted by Crippen LogP contribution is -2.28. The first-order chi connectivity index (χ1) is 6.81. The molecule has 0 aliphatic carbocycles. The lowest BCUT2D eigenvalue weighted by molar-refractivity contribution is 0.551. The van der Waals surface area contributed by atoms with Crippen molar-refractivity contribution in [2.45, 2.75) is 13.0 Å². The minimum absolute atomic E-state index is 0.0845. The second kappa shape index (κ2) is 3.91. The summed E-state index contributed by atoms with van der Waals surface area (Å²) in [6, 6.07) is 1.79. The molecule has 4 nitrogen and oxygen atoms in total. The Kier molecular flexibility index (Phi) is 2.62. The largest absolute Gasteiger partial charge is 0.472 e. The number of hydrogen-bond acceptors (Lipinski definition) is 5. The SMILES string of the molecule is Cc1nc(C(NN)c2ccoc2)cs1. The Hall–Kier alpha value is -1.17. The molecule has 1 unspecified atom stereocenters. The van der Waals surface area contributed by atoms with Crippen LogP contribution in [0.4, 0.5) is 0 Å². The van der Waals surface area contributed by atoms with Crippen molar-refractivity contribution in [3.05, 3.63) is 40.2 Å². The molecule has 2 rings (SSSR count). The van der Waals surface area contributed by atoms with Gasteiger partial charge in [-0.15, -0.1) is 11.3 Å². The lowest BCUT2D eigenvalue weighted by Gasteiger charge is -2.10. The number of hydrazine groups is 1.